The predicted molar refractivity (Wildman–Crippen MR) is 149 cm³/mol. The molecule has 2 rings (SSSR count). The van der Waals surface area contributed by atoms with Crippen molar-refractivity contribution in [2.75, 3.05) is 30.8 Å². The molecule has 0 bridgehead atoms. The molecule has 0 unspecified atom stereocenters. The van der Waals surface area contributed by atoms with Crippen molar-refractivity contribution in [2.45, 2.75) is 39.8 Å². The van der Waals surface area contributed by atoms with Gasteiger partial charge < -0.3 is 15.0 Å². The van der Waals surface area contributed by atoms with Crippen LogP contribution in [0, 0.1) is 5.92 Å². The lowest BCUT2D eigenvalue weighted by molar-refractivity contribution is -0.140. The highest BCUT2D eigenvalue weighted by molar-refractivity contribution is 7.92. The van der Waals surface area contributed by atoms with Gasteiger partial charge in [0.05, 0.1) is 34.1 Å². The van der Waals surface area contributed by atoms with Crippen LogP contribution in [0.5, 0.6) is 5.75 Å². The number of anilines is 1. The molecular formula is C25H32Cl3N3O5S. The Morgan fingerprint density at radius 1 is 1.03 bits per heavy atom. The summed E-state index contributed by atoms with van der Waals surface area (Å²) in [5.41, 5.74) is 0.747. The number of hydrogen-bond acceptors (Lipinski definition) is 5. The van der Waals surface area contributed by atoms with E-state index >= 15 is 0 Å². The Hall–Kier alpha value is -2.20. The van der Waals surface area contributed by atoms with E-state index in [0.29, 0.717) is 18.7 Å². The molecule has 204 valence electrons. The van der Waals surface area contributed by atoms with Crippen LogP contribution in [-0.2, 0) is 26.2 Å². The van der Waals surface area contributed by atoms with Crippen molar-refractivity contribution in [3.8, 4) is 5.75 Å². The Bertz CT molecular complexity index is 1210. The smallest absolute Gasteiger partial charge is 0.244 e. The first-order chi connectivity index (χ1) is 17.3. The quantitative estimate of drug-likeness (QED) is 0.350. The average Bonchev–Trinajstić information content (AvgIpc) is 2.83. The molecular weight excluding hydrogens is 561 g/mol. The van der Waals surface area contributed by atoms with Gasteiger partial charge in [0, 0.05) is 13.1 Å². The summed E-state index contributed by atoms with van der Waals surface area (Å²) < 4.78 is 31.6. The molecule has 0 heterocycles. The maximum atomic E-state index is 13.7. The summed E-state index contributed by atoms with van der Waals surface area (Å²) in [6, 6.07) is 8.82. The molecule has 37 heavy (non-hydrogen) atoms. The first-order valence-corrected chi connectivity index (χ1v) is 14.6. The molecule has 2 aromatic carbocycles. The SMILES string of the molecule is CC[C@H](C(=O)NCC(C)C)N(Cc1ccc(OC)cc1)C(=O)CN(c1cc(Cl)c(Cl)cc1Cl)S(C)(=O)=O. The first-order valence-electron chi connectivity index (χ1n) is 11.6. The summed E-state index contributed by atoms with van der Waals surface area (Å²) in [6.45, 7) is 5.63. The summed E-state index contributed by atoms with van der Waals surface area (Å²) in [5, 5.41) is 3.11. The summed E-state index contributed by atoms with van der Waals surface area (Å²) in [7, 11) is -2.43. The van der Waals surface area contributed by atoms with E-state index in [9.17, 15) is 18.0 Å². The fraction of sp³-hybridized carbons (Fsp3) is 0.440. The number of nitrogens with zero attached hydrogens (tertiary/aromatic N) is 2. The lowest BCUT2D eigenvalue weighted by Crippen LogP contribution is -2.52. The molecule has 0 spiro atoms. The molecule has 0 saturated carbocycles. The Kier molecular flexibility index (Phi) is 11.4. The molecule has 2 amide bonds. The van der Waals surface area contributed by atoms with E-state index in [-0.39, 0.29) is 39.1 Å². The normalized spacial score (nSPS) is 12.2. The summed E-state index contributed by atoms with van der Waals surface area (Å²) in [4.78, 5) is 28.2. The minimum Gasteiger partial charge on any atom is -0.497 e. The second-order valence-electron chi connectivity index (χ2n) is 8.92. The number of carbonyl (C=O) groups is 2. The highest BCUT2D eigenvalue weighted by Gasteiger charge is 2.32. The number of hydrogen-bond donors (Lipinski definition) is 1. The van der Waals surface area contributed by atoms with Crippen LogP contribution in [0.15, 0.2) is 36.4 Å². The molecule has 2 aromatic rings. The lowest BCUT2D eigenvalue weighted by Gasteiger charge is -2.33. The number of benzene rings is 2. The highest BCUT2D eigenvalue weighted by atomic mass is 35.5. The van der Waals surface area contributed by atoms with Crippen LogP contribution in [0.1, 0.15) is 32.8 Å². The summed E-state index contributed by atoms with van der Waals surface area (Å²) in [5.74, 6) is -0.0583. The van der Waals surface area contributed by atoms with Crippen LogP contribution in [0.4, 0.5) is 5.69 Å². The van der Waals surface area contributed by atoms with Crippen molar-refractivity contribution in [3.63, 3.8) is 0 Å². The van der Waals surface area contributed by atoms with Gasteiger partial charge in [-0.25, -0.2) is 8.42 Å². The second kappa shape index (κ2) is 13.6. The second-order valence-corrected chi connectivity index (χ2v) is 12.0. The van der Waals surface area contributed by atoms with Crippen LogP contribution >= 0.6 is 34.8 Å². The molecule has 0 fully saturated rings. The van der Waals surface area contributed by atoms with Gasteiger partial charge in [0.25, 0.3) is 0 Å². The third kappa shape index (κ3) is 8.67. The minimum absolute atomic E-state index is 0.00798. The molecule has 0 aromatic heterocycles. The summed E-state index contributed by atoms with van der Waals surface area (Å²) in [6.07, 6.45) is 1.28. The van der Waals surface area contributed by atoms with Gasteiger partial charge in [-0.3, -0.25) is 13.9 Å². The first kappa shape index (κ1) is 31.0. The van der Waals surface area contributed by atoms with Crippen molar-refractivity contribution in [3.05, 3.63) is 57.0 Å². The molecule has 12 heteroatoms. The molecule has 0 aliphatic heterocycles. The topological polar surface area (TPSA) is 96.0 Å². The van der Waals surface area contributed by atoms with Crippen LogP contribution in [0.2, 0.25) is 15.1 Å². The van der Waals surface area contributed by atoms with E-state index in [1.807, 2.05) is 13.8 Å². The minimum atomic E-state index is -3.97. The van der Waals surface area contributed by atoms with Gasteiger partial charge in [-0.15, -0.1) is 0 Å². The largest absolute Gasteiger partial charge is 0.497 e. The number of sulfonamides is 1. The monoisotopic (exact) mass is 591 g/mol. The number of rotatable bonds is 12. The van der Waals surface area contributed by atoms with Crippen molar-refractivity contribution >= 4 is 62.3 Å². The van der Waals surface area contributed by atoms with Crippen molar-refractivity contribution < 1.29 is 22.7 Å². The molecule has 1 atom stereocenters. The Balaban J connectivity index is 2.48. The predicted octanol–water partition coefficient (Wildman–Crippen LogP) is 5.00. The van der Waals surface area contributed by atoms with E-state index in [4.69, 9.17) is 39.5 Å². The number of methoxy groups -OCH3 is 1. The molecule has 8 nitrogen and oxygen atoms in total. The van der Waals surface area contributed by atoms with Gasteiger partial charge in [-0.05, 0) is 42.2 Å². The van der Waals surface area contributed by atoms with E-state index in [0.717, 1.165) is 16.1 Å². The third-order valence-electron chi connectivity index (χ3n) is 5.52. The van der Waals surface area contributed by atoms with Gasteiger partial charge in [-0.2, -0.15) is 0 Å². The van der Waals surface area contributed by atoms with Gasteiger partial charge in [0.2, 0.25) is 21.8 Å². The van der Waals surface area contributed by atoms with Crippen LogP contribution in [0.25, 0.3) is 0 Å². The molecule has 0 radical (unpaired) electrons. The number of halogens is 3. The zero-order valence-corrected chi connectivity index (χ0v) is 24.5. The van der Waals surface area contributed by atoms with E-state index in [1.165, 1.54) is 17.0 Å². The number of amides is 2. The highest BCUT2D eigenvalue weighted by Crippen LogP contribution is 2.35. The standard InChI is InChI=1S/C25H32Cl3N3O5S/c1-6-22(25(33)29-13-16(2)3)30(14-17-7-9-18(36-4)10-8-17)24(32)15-31(37(5,34)35)23-12-20(27)19(26)11-21(23)28/h7-12,16,22H,6,13-15H2,1-5H3,(H,29,33)/t22-/m1/s1. The fourth-order valence-corrected chi connectivity index (χ4v) is 5.11. The number of ether oxygens (including phenoxy) is 1. The molecule has 0 aliphatic rings. The fourth-order valence-electron chi connectivity index (χ4n) is 3.57. The third-order valence-corrected chi connectivity index (χ3v) is 7.67. The van der Waals surface area contributed by atoms with Gasteiger partial charge in [-0.1, -0.05) is 67.7 Å². The molecule has 0 saturated heterocycles. The maximum Gasteiger partial charge on any atom is 0.244 e. The van der Waals surface area contributed by atoms with Crippen LogP contribution in [0.3, 0.4) is 0 Å². The lowest BCUT2D eigenvalue weighted by atomic mass is 10.1. The zero-order chi connectivity index (χ0) is 27.9. The van der Waals surface area contributed by atoms with Crippen LogP contribution < -0.4 is 14.4 Å². The Morgan fingerprint density at radius 3 is 2.14 bits per heavy atom. The van der Waals surface area contributed by atoms with Crippen LogP contribution in [-0.4, -0.2) is 57.6 Å². The van der Waals surface area contributed by atoms with Gasteiger partial charge >= 0.3 is 0 Å². The Morgan fingerprint density at radius 2 is 1.62 bits per heavy atom. The zero-order valence-electron chi connectivity index (χ0n) is 21.4. The van der Waals surface area contributed by atoms with Gasteiger partial charge in [0.15, 0.2) is 0 Å². The van der Waals surface area contributed by atoms with Crippen molar-refractivity contribution in [1.82, 2.24) is 10.2 Å². The van der Waals surface area contributed by atoms with E-state index in [2.05, 4.69) is 5.32 Å². The average molecular weight is 593 g/mol. The molecule has 1 N–H and O–H groups in total. The number of nitrogens with one attached hydrogen (secondary N) is 1. The van der Waals surface area contributed by atoms with Crippen molar-refractivity contribution in [1.29, 1.82) is 0 Å². The van der Waals surface area contributed by atoms with E-state index < -0.39 is 28.5 Å². The van der Waals surface area contributed by atoms with Gasteiger partial charge in [0.1, 0.15) is 18.3 Å². The number of carbonyl (C=O) groups excluding carboxylic acids is 2. The molecule has 0 aliphatic carbocycles. The van der Waals surface area contributed by atoms with E-state index in [1.54, 1.807) is 38.3 Å². The maximum absolute atomic E-state index is 13.7. The summed E-state index contributed by atoms with van der Waals surface area (Å²) >= 11 is 18.4. The Labute approximate surface area is 233 Å². The van der Waals surface area contributed by atoms with Crippen molar-refractivity contribution in [2.24, 2.45) is 5.92 Å².